The van der Waals surface area contributed by atoms with Crippen molar-refractivity contribution in [2.75, 3.05) is 24.5 Å². The molecule has 1 aliphatic rings. The Kier molecular flexibility index (Phi) is 7.01. The molecule has 0 unspecified atom stereocenters. The van der Waals surface area contributed by atoms with Gasteiger partial charge < -0.3 is 15.5 Å². The number of guanidine groups is 1. The Bertz CT molecular complexity index is 879. The monoisotopic (exact) mass is 394 g/mol. The molecule has 0 amide bonds. The van der Waals surface area contributed by atoms with Crippen LogP contribution in [0.1, 0.15) is 36.5 Å². The normalized spacial score (nSPS) is 15.1. The van der Waals surface area contributed by atoms with Gasteiger partial charge in [0.1, 0.15) is 11.6 Å². The van der Waals surface area contributed by atoms with E-state index in [-0.39, 0.29) is 6.54 Å². The molecule has 7 heteroatoms. The molecule has 1 aromatic heterocycles. The van der Waals surface area contributed by atoms with E-state index in [1.807, 2.05) is 26.1 Å². The molecule has 152 valence electrons. The van der Waals surface area contributed by atoms with Gasteiger partial charge in [0.2, 0.25) is 0 Å². The molecule has 6 nitrogen and oxygen atoms in total. The number of hydrogen-bond acceptors (Lipinski definition) is 4. The summed E-state index contributed by atoms with van der Waals surface area (Å²) in [6, 6.07) is 10.9. The van der Waals surface area contributed by atoms with E-state index in [0.29, 0.717) is 23.1 Å². The molecule has 29 heavy (non-hydrogen) atoms. The third kappa shape index (κ3) is 5.67. The fourth-order valence-electron chi connectivity index (χ4n) is 3.32. The average Bonchev–Trinajstić information content (AvgIpc) is 2.74. The van der Waals surface area contributed by atoms with Gasteiger partial charge in [0.05, 0.1) is 18.2 Å². The Morgan fingerprint density at radius 3 is 2.72 bits per heavy atom. The predicted octanol–water partition coefficient (Wildman–Crippen LogP) is 3.12. The molecule has 1 saturated heterocycles. The third-order valence-corrected chi connectivity index (χ3v) is 4.99. The molecule has 0 bridgehead atoms. The van der Waals surface area contributed by atoms with Crippen LogP contribution >= 0.6 is 0 Å². The lowest BCUT2D eigenvalue weighted by Gasteiger charge is -2.33. The molecule has 2 aromatic rings. The summed E-state index contributed by atoms with van der Waals surface area (Å²) < 4.78 is 14.1. The number of halogens is 1. The van der Waals surface area contributed by atoms with Crippen molar-refractivity contribution in [2.45, 2.75) is 39.3 Å². The molecule has 0 radical (unpaired) electrons. The summed E-state index contributed by atoms with van der Waals surface area (Å²) in [7, 11) is 0. The molecule has 1 aromatic carbocycles. The van der Waals surface area contributed by atoms with Crippen LogP contribution in [0.5, 0.6) is 0 Å². The van der Waals surface area contributed by atoms with Crippen molar-refractivity contribution in [3.05, 3.63) is 59.0 Å². The van der Waals surface area contributed by atoms with E-state index >= 15 is 0 Å². The first-order chi connectivity index (χ1) is 14.1. The highest BCUT2D eigenvalue weighted by molar-refractivity contribution is 5.80. The number of pyridine rings is 1. The van der Waals surface area contributed by atoms with Crippen LogP contribution in [0.4, 0.5) is 10.2 Å². The molecule has 1 fully saturated rings. The highest BCUT2D eigenvalue weighted by Gasteiger charge is 2.20. The summed E-state index contributed by atoms with van der Waals surface area (Å²) >= 11 is 0. The van der Waals surface area contributed by atoms with Crippen LogP contribution in [0.3, 0.4) is 0 Å². The lowest BCUT2D eigenvalue weighted by molar-refractivity contribution is 0.459. The molecular formula is C22H27FN6. The first kappa shape index (κ1) is 20.6. The number of rotatable bonds is 5. The van der Waals surface area contributed by atoms with E-state index in [1.165, 1.54) is 6.07 Å². The van der Waals surface area contributed by atoms with Crippen LogP contribution in [0.2, 0.25) is 0 Å². The maximum Gasteiger partial charge on any atom is 0.191 e. The second-order valence-corrected chi connectivity index (χ2v) is 7.21. The number of nitrogens with one attached hydrogen (secondary N) is 2. The maximum atomic E-state index is 14.1. The van der Waals surface area contributed by atoms with Crippen molar-refractivity contribution < 1.29 is 4.39 Å². The van der Waals surface area contributed by atoms with Crippen molar-refractivity contribution in [3.63, 3.8) is 0 Å². The van der Waals surface area contributed by atoms with Gasteiger partial charge in [-0.2, -0.15) is 5.26 Å². The number of benzene rings is 1. The Balaban J connectivity index is 1.57. The quantitative estimate of drug-likeness (QED) is 0.602. The molecule has 0 atom stereocenters. The second kappa shape index (κ2) is 9.87. The fraction of sp³-hybridized carbons (Fsp3) is 0.409. The van der Waals surface area contributed by atoms with E-state index in [0.717, 1.165) is 43.9 Å². The van der Waals surface area contributed by atoms with Crippen molar-refractivity contribution in [2.24, 2.45) is 4.99 Å². The molecule has 2 heterocycles. The summed E-state index contributed by atoms with van der Waals surface area (Å²) in [5, 5.41) is 15.6. The standard InChI is InChI=1S/C22H27FN6/c1-3-25-22(27-15-18-6-5-17(13-24)12-20(18)23)28-19-8-10-29(11-9-19)21-7-4-16(2)14-26-21/h4-7,12,14,19H,3,8-11,15H2,1-2H3,(H2,25,27,28). The highest BCUT2D eigenvalue weighted by atomic mass is 19.1. The van der Waals surface area contributed by atoms with Crippen molar-refractivity contribution in [1.82, 2.24) is 15.6 Å². The number of aryl methyl sites for hydroxylation is 1. The SMILES string of the molecule is CCNC(=NCc1ccc(C#N)cc1F)NC1CCN(c2ccc(C)cn2)CC1. The Hall–Kier alpha value is -3.14. The smallest absolute Gasteiger partial charge is 0.191 e. The fourth-order valence-corrected chi connectivity index (χ4v) is 3.32. The van der Waals surface area contributed by atoms with Gasteiger partial charge in [-0.25, -0.2) is 14.4 Å². The van der Waals surface area contributed by atoms with Crippen LogP contribution in [0.25, 0.3) is 0 Å². The van der Waals surface area contributed by atoms with Crippen LogP contribution in [-0.4, -0.2) is 36.6 Å². The van der Waals surface area contributed by atoms with E-state index < -0.39 is 5.82 Å². The lowest BCUT2D eigenvalue weighted by Crippen LogP contribution is -2.48. The summed E-state index contributed by atoms with van der Waals surface area (Å²) in [5.74, 6) is 1.30. The maximum absolute atomic E-state index is 14.1. The lowest BCUT2D eigenvalue weighted by atomic mass is 10.1. The van der Waals surface area contributed by atoms with Crippen molar-refractivity contribution >= 4 is 11.8 Å². The molecule has 0 saturated carbocycles. The van der Waals surface area contributed by atoms with Gasteiger partial charge in [-0.1, -0.05) is 12.1 Å². The van der Waals surface area contributed by atoms with Crippen LogP contribution in [-0.2, 0) is 6.54 Å². The summed E-state index contributed by atoms with van der Waals surface area (Å²) in [6.07, 6.45) is 3.86. The zero-order valence-electron chi connectivity index (χ0n) is 17.0. The minimum absolute atomic E-state index is 0.221. The molecular weight excluding hydrogens is 367 g/mol. The number of aliphatic imine (C=N–C) groups is 1. The highest BCUT2D eigenvalue weighted by Crippen LogP contribution is 2.18. The summed E-state index contributed by atoms with van der Waals surface area (Å²) in [4.78, 5) is 11.3. The third-order valence-electron chi connectivity index (χ3n) is 4.99. The van der Waals surface area contributed by atoms with Crippen LogP contribution in [0.15, 0.2) is 41.5 Å². The van der Waals surface area contributed by atoms with Crippen molar-refractivity contribution in [1.29, 1.82) is 5.26 Å². The number of aromatic nitrogens is 1. The molecule has 0 aliphatic carbocycles. The Labute approximate surface area is 171 Å². The van der Waals surface area contributed by atoms with Crippen LogP contribution in [0, 0.1) is 24.1 Å². The first-order valence-corrected chi connectivity index (χ1v) is 10.00. The van der Waals surface area contributed by atoms with E-state index in [1.54, 1.807) is 12.1 Å². The summed E-state index contributed by atoms with van der Waals surface area (Å²) in [5.41, 5.74) is 1.95. The first-order valence-electron chi connectivity index (χ1n) is 10.00. The summed E-state index contributed by atoms with van der Waals surface area (Å²) in [6.45, 7) is 6.85. The number of anilines is 1. The van der Waals surface area contributed by atoms with E-state index in [4.69, 9.17) is 5.26 Å². The number of nitriles is 1. The van der Waals surface area contributed by atoms with Crippen LogP contribution < -0.4 is 15.5 Å². The van der Waals surface area contributed by atoms with Gasteiger partial charge >= 0.3 is 0 Å². The molecule has 2 N–H and O–H groups in total. The Morgan fingerprint density at radius 1 is 1.31 bits per heavy atom. The zero-order valence-corrected chi connectivity index (χ0v) is 17.0. The second-order valence-electron chi connectivity index (χ2n) is 7.21. The number of nitrogens with zero attached hydrogens (tertiary/aromatic N) is 4. The largest absolute Gasteiger partial charge is 0.357 e. The number of hydrogen-bond donors (Lipinski definition) is 2. The average molecular weight is 394 g/mol. The molecule has 0 spiro atoms. The zero-order chi connectivity index (χ0) is 20.6. The topological polar surface area (TPSA) is 76.3 Å². The van der Waals surface area contributed by atoms with Gasteiger partial charge in [-0.05, 0) is 50.5 Å². The minimum atomic E-state index is -0.400. The van der Waals surface area contributed by atoms with Gasteiger partial charge in [-0.15, -0.1) is 0 Å². The van der Waals surface area contributed by atoms with E-state index in [2.05, 4.69) is 37.6 Å². The minimum Gasteiger partial charge on any atom is -0.357 e. The van der Waals surface area contributed by atoms with Gasteiger partial charge in [0, 0.05) is 37.4 Å². The number of piperidine rings is 1. The van der Waals surface area contributed by atoms with Crippen molar-refractivity contribution in [3.8, 4) is 6.07 Å². The van der Waals surface area contributed by atoms with Gasteiger partial charge in [-0.3, -0.25) is 0 Å². The van der Waals surface area contributed by atoms with E-state index in [9.17, 15) is 4.39 Å². The molecule has 1 aliphatic heterocycles. The predicted molar refractivity (Wildman–Crippen MR) is 113 cm³/mol. The Morgan fingerprint density at radius 2 is 2.10 bits per heavy atom. The van der Waals surface area contributed by atoms with Gasteiger partial charge in [0.15, 0.2) is 5.96 Å². The van der Waals surface area contributed by atoms with Gasteiger partial charge in [0.25, 0.3) is 0 Å². The molecule has 3 rings (SSSR count).